The zero-order chi connectivity index (χ0) is 12.5. The Hall–Kier alpha value is -2.00. The molecule has 0 fully saturated rings. The summed E-state index contributed by atoms with van der Waals surface area (Å²) in [5, 5.41) is 20.9. The Morgan fingerprint density at radius 3 is 2.47 bits per heavy atom. The first-order valence-corrected chi connectivity index (χ1v) is 6.00. The topological polar surface area (TPSA) is 59.6 Å². The van der Waals surface area contributed by atoms with Crippen LogP contribution in [0, 0.1) is 22.7 Å². The van der Waals surface area contributed by atoms with Crippen molar-refractivity contribution >= 4 is 5.69 Å². The van der Waals surface area contributed by atoms with Crippen LogP contribution in [0.3, 0.4) is 0 Å². The molecule has 0 aliphatic carbocycles. The minimum Gasteiger partial charge on any atom is -0.385 e. The zero-order valence-electron chi connectivity index (χ0n) is 10.2. The van der Waals surface area contributed by atoms with Crippen molar-refractivity contribution in [2.24, 2.45) is 0 Å². The third kappa shape index (κ3) is 4.17. The van der Waals surface area contributed by atoms with Gasteiger partial charge < -0.3 is 5.32 Å². The summed E-state index contributed by atoms with van der Waals surface area (Å²) in [6.07, 6.45) is 4.86. The van der Waals surface area contributed by atoms with E-state index >= 15 is 0 Å². The maximum atomic E-state index is 8.89. The third-order valence-electron chi connectivity index (χ3n) is 2.62. The zero-order valence-corrected chi connectivity index (χ0v) is 10.2. The van der Waals surface area contributed by atoms with Gasteiger partial charge in [0, 0.05) is 12.2 Å². The molecule has 3 nitrogen and oxygen atoms in total. The van der Waals surface area contributed by atoms with E-state index in [1.165, 1.54) is 19.3 Å². The molecule has 0 aliphatic rings. The summed E-state index contributed by atoms with van der Waals surface area (Å²) < 4.78 is 0. The van der Waals surface area contributed by atoms with Crippen molar-refractivity contribution in [2.45, 2.75) is 32.6 Å². The number of anilines is 1. The Morgan fingerprint density at radius 1 is 1.06 bits per heavy atom. The van der Waals surface area contributed by atoms with E-state index in [9.17, 15) is 0 Å². The molecule has 0 radical (unpaired) electrons. The van der Waals surface area contributed by atoms with E-state index in [1.807, 2.05) is 18.2 Å². The Morgan fingerprint density at radius 2 is 1.82 bits per heavy atom. The van der Waals surface area contributed by atoms with Crippen LogP contribution >= 0.6 is 0 Å². The lowest BCUT2D eigenvalue weighted by Crippen LogP contribution is -2.01. The van der Waals surface area contributed by atoms with E-state index in [1.54, 1.807) is 12.1 Å². The Labute approximate surface area is 103 Å². The number of rotatable bonds is 6. The van der Waals surface area contributed by atoms with Crippen molar-refractivity contribution in [3.05, 3.63) is 29.3 Å². The van der Waals surface area contributed by atoms with Gasteiger partial charge in [-0.2, -0.15) is 10.5 Å². The predicted molar refractivity (Wildman–Crippen MR) is 68.5 cm³/mol. The van der Waals surface area contributed by atoms with Crippen LogP contribution in [-0.4, -0.2) is 6.54 Å². The van der Waals surface area contributed by atoms with Crippen LogP contribution in [0.2, 0.25) is 0 Å². The molecule has 0 unspecified atom stereocenters. The summed E-state index contributed by atoms with van der Waals surface area (Å²) in [5.41, 5.74) is 1.78. The van der Waals surface area contributed by atoms with E-state index in [2.05, 4.69) is 12.2 Å². The van der Waals surface area contributed by atoms with E-state index in [4.69, 9.17) is 10.5 Å². The lowest BCUT2D eigenvalue weighted by atomic mass is 10.1. The highest BCUT2D eigenvalue weighted by Gasteiger charge is 2.02. The van der Waals surface area contributed by atoms with Gasteiger partial charge in [0.1, 0.15) is 12.1 Å². The fraction of sp³-hybridized carbons (Fsp3) is 0.429. The van der Waals surface area contributed by atoms with Crippen molar-refractivity contribution in [2.75, 3.05) is 11.9 Å². The van der Waals surface area contributed by atoms with Gasteiger partial charge in [0.05, 0.1) is 11.1 Å². The van der Waals surface area contributed by atoms with Gasteiger partial charge in [0.2, 0.25) is 0 Å². The molecule has 0 heterocycles. The summed E-state index contributed by atoms with van der Waals surface area (Å²) in [4.78, 5) is 0. The van der Waals surface area contributed by atoms with Crippen LogP contribution in [0.4, 0.5) is 5.69 Å². The summed E-state index contributed by atoms with van der Waals surface area (Å²) in [6.45, 7) is 3.10. The molecule has 0 atom stereocenters. The molecule has 1 rings (SSSR count). The van der Waals surface area contributed by atoms with Gasteiger partial charge in [-0.15, -0.1) is 0 Å². The van der Waals surface area contributed by atoms with Crippen LogP contribution in [0.15, 0.2) is 18.2 Å². The highest BCUT2D eigenvalue weighted by molar-refractivity contribution is 5.56. The van der Waals surface area contributed by atoms with E-state index in [0.29, 0.717) is 11.1 Å². The van der Waals surface area contributed by atoms with Gasteiger partial charge in [-0.25, -0.2) is 0 Å². The number of benzene rings is 1. The number of nitrogens with zero attached hydrogens (tertiary/aromatic N) is 2. The molecule has 1 aromatic rings. The molecule has 0 spiro atoms. The SMILES string of the molecule is CCCCCCNc1ccc(C#N)c(C#N)c1. The van der Waals surface area contributed by atoms with Crippen molar-refractivity contribution in [1.29, 1.82) is 10.5 Å². The summed E-state index contributed by atoms with van der Waals surface area (Å²) >= 11 is 0. The van der Waals surface area contributed by atoms with Crippen LogP contribution in [0.25, 0.3) is 0 Å². The first-order chi connectivity index (χ1) is 8.31. The summed E-state index contributed by atoms with van der Waals surface area (Å²) in [5.74, 6) is 0. The van der Waals surface area contributed by atoms with Gasteiger partial charge in [0.25, 0.3) is 0 Å². The molecule has 0 aromatic heterocycles. The fourth-order valence-electron chi connectivity index (χ4n) is 1.63. The average molecular weight is 227 g/mol. The Kier molecular flexibility index (Phi) is 5.61. The lowest BCUT2D eigenvalue weighted by Gasteiger charge is -2.06. The molecular weight excluding hydrogens is 210 g/mol. The van der Waals surface area contributed by atoms with Crippen LogP contribution in [-0.2, 0) is 0 Å². The number of hydrogen-bond donors (Lipinski definition) is 1. The molecule has 17 heavy (non-hydrogen) atoms. The summed E-state index contributed by atoms with van der Waals surface area (Å²) in [7, 11) is 0. The highest BCUT2D eigenvalue weighted by atomic mass is 14.9. The largest absolute Gasteiger partial charge is 0.385 e. The van der Waals surface area contributed by atoms with Gasteiger partial charge in [0.15, 0.2) is 0 Å². The number of unbranched alkanes of at least 4 members (excludes halogenated alkanes) is 3. The molecular formula is C14H17N3. The van der Waals surface area contributed by atoms with Crippen molar-refractivity contribution in [3.8, 4) is 12.1 Å². The molecule has 0 bridgehead atoms. The number of hydrogen-bond acceptors (Lipinski definition) is 3. The number of nitrogens with one attached hydrogen (secondary N) is 1. The minimum absolute atomic E-state index is 0.434. The molecule has 0 aliphatic heterocycles. The smallest absolute Gasteiger partial charge is 0.101 e. The maximum absolute atomic E-state index is 8.89. The second-order valence-electron chi connectivity index (χ2n) is 3.97. The second-order valence-corrected chi connectivity index (χ2v) is 3.97. The molecule has 0 saturated heterocycles. The third-order valence-corrected chi connectivity index (χ3v) is 2.62. The quantitative estimate of drug-likeness (QED) is 0.757. The first-order valence-electron chi connectivity index (χ1n) is 6.00. The normalized spacial score (nSPS) is 9.35. The molecule has 0 saturated carbocycles. The standard InChI is InChI=1S/C14H17N3/c1-2-3-4-5-8-17-14-7-6-12(10-15)13(9-14)11-16/h6-7,9,17H,2-5,8H2,1H3. The van der Waals surface area contributed by atoms with Crippen molar-refractivity contribution in [3.63, 3.8) is 0 Å². The Balaban J connectivity index is 2.50. The summed E-state index contributed by atoms with van der Waals surface area (Å²) in [6, 6.07) is 9.31. The molecule has 88 valence electrons. The average Bonchev–Trinajstić information content (AvgIpc) is 2.38. The van der Waals surface area contributed by atoms with Crippen LogP contribution in [0.5, 0.6) is 0 Å². The van der Waals surface area contributed by atoms with E-state index in [0.717, 1.165) is 18.7 Å². The minimum atomic E-state index is 0.434. The van der Waals surface area contributed by atoms with Gasteiger partial charge in [-0.3, -0.25) is 0 Å². The van der Waals surface area contributed by atoms with E-state index < -0.39 is 0 Å². The Bertz CT molecular complexity index is 438. The van der Waals surface area contributed by atoms with Crippen LogP contribution in [0.1, 0.15) is 43.7 Å². The highest BCUT2D eigenvalue weighted by Crippen LogP contribution is 2.14. The maximum Gasteiger partial charge on any atom is 0.101 e. The van der Waals surface area contributed by atoms with Gasteiger partial charge >= 0.3 is 0 Å². The van der Waals surface area contributed by atoms with Crippen molar-refractivity contribution < 1.29 is 0 Å². The molecule has 0 amide bonds. The van der Waals surface area contributed by atoms with Gasteiger partial charge in [-0.1, -0.05) is 26.2 Å². The fourth-order valence-corrected chi connectivity index (χ4v) is 1.63. The monoisotopic (exact) mass is 227 g/mol. The first kappa shape index (κ1) is 13.1. The molecule has 3 heteroatoms. The molecule has 1 N–H and O–H groups in total. The second kappa shape index (κ2) is 7.30. The van der Waals surface area contributed by atoms with Crippen molar-refractivity contribution in [1.82, 2.24) is 0 Å². The predicted octanol–water partition coefficient (Wildman–Crippen LogP) is 3.42. The lowest BCUT2D eigenvalue weighted by molar-refractivity contribution is 0.685. The molecule has 1 aromatic carbocycles. The van der Waals surface area contributed by atoms with Gasteiger partial charge in [-0.05, 0) is 24.6 Å². The van der Waals surface area contributed by atoms with E-state index in [-0.39, 0.29) is 0 Å². The number of nitriles is 2. The van der Waals surface area contributed by atoms with Crippen LogP contribution < -0.4 is 5.32 Å².